The highest BCUT2D eigenvalue weighted by atomic mass is 16.6. The lowest BCUT2D eigenvalue weighted by Crippen LogP contribution is -2.32. The zero-order valence-corrected chi connectivity index (χ0v) is 18.0. The highest BCUT2D eigenvalue weighted by Crippen LogP contribution is 2.08. The number of carbonyl (C=O) groups is 3. The first kappa shape index (κ1) is 26.2. The number of nitrogens with one attached hydrogen (secondary N) is 2. The van der Waals surface area contributed by atoms with Gasteiger partial charge < -0.3 is 20.5 Å². The van der Waals surface area contributed by atoms with Crippen LogP contribution in [-0.4, -0.2) is 41.8 Å². The second-order valence-electron chi connectivity index (χ2n) is 8.21. The van der Waals surface area contributed by atoms with Crippen LogP contribution in [0.5, 0.6) is 0 Å². The molecule has 0 aromatic carbocycles. The van der Waals surface area contributed by atoms with E-state index in [2.05, 4.69) is 10.6 Å². The summed E-state index contributed by atoms with van der Waals surface area (Å²) in [5, 5.41) is 14.2. The molecule has 7 nitrogen and oxygen atoms in total. The first-order chi connectivity index (χ1) is 13.2. The zero-order chi connectivity index (χ0) is 21.3. The van der Waals surface area contributed by atoms with Crippen LogP contribution in [0.25, 0.3) is 0 Å². The van der Waals surface area contributed by atoms with Gasteiger partial charge in [-0.15, -0.1) is 0 Å². The van der Waals surface area contributed by atoms with E-state index in [1.54, 1.807) is 0 Å². The van der Waals surface area contributed by atoms with E-state index in [0.29, 0.717) is 19.5 Å². The molecule has 7 heteroatoms. The van der Waals surface area contributed by atoms with Crippen LogP contribution in [0, 0.1) is 0 Å². The maximum Gasteiger partial charge on any atom is 0.407 e. The van der Waals surface area contributed by atoms with Gasteiger partial charge in [-0.25, -0.2) is 4.79 Å². The van der Waals surface area contributed by atoms with Gasteiger partial charge in [-0.05, 0) is 46.5 Å². The van der Waals surface area contributed by atoms with Gasteiger partial charge in [0.15, 0.2) is 0 Å². The normalized spacial score (nSPS) is 11.1. The van der Waals surface area contributed by atoms with Gasteiger partial charge in [-0.1, -0.05) is 38.5 Å². The average molecular weight is 401 g/mol. The molecule has 3 N–H and O–H groups in total. The van der Waals surface area contributed by atoms with Crippen LogP contribution in [0.2, 0.25) is 0 Å². The SMILES string of the molecule is CC(C)(C)OC(=O)NCCCCCCCC(=O)NCCCCCCCC(=O)O. The third-order valence-electron chi connectivity index (χ3n) is 4.14. The standard InChI is InChI=1S/C21H40N2O5/c1-21(2,3)28-20(27)23-17-13-9-4-6-10-14-18(24)22-16-12-8-5-7-11-15-19(25)26/h4-17H2,1-3H3,(H,22,24)(H,23,27)(H,25,26). The maximum absolute atomic E-state index is 11.7. The molecule has 0 heterocycles. The lowest BCUT2D eigenvalue weighted by Gasteiger charge is -2.19. The van der Waals surface area contributed by atoms with Crippen molar-refractivity contribution in [2.24, 2.45) is 0 Å². The average Bonchev–Trinajstić information content (AvgIpc) is 2.57. The lowest BCUT2D eigenvalue weighted by molar-refractivity contribution is -0.137. The van der Waals surface area contributed by atoms with Crippen LogP contribution in [0.15, 0.2) is 0 Å². The zero-order valence-electron chi connectivity index (χ0n) is 18.0. The summed E-state index contributed by atoms with van der Waals surface area (Å²) in [4.78, 5) is 33.6. The Hall–Kier alpha value is -1.79. The van der Waals surface area contributed by atoms with Crippen LogP contribution >= 0.6 is 0 Å². The van der Waals surface area contributed by atoms with E-state index in [-0.39, 0.29) is 18.4 Å². The lowest BCUT2D eigenvalue weighted by atomic mass is 10.1. The van der Waals surface area contributed by atoms with Crippen molar-refractivity contribution in [1.29, 1.82) is 0 Å². The molecule has 0 unspecified atom stereocenters. The third kappa shape index (κ3) is 20.5. The smallest absolute Gasteiger partial charge is 0.407 e. The predicted molar refractivity (Wildman–Crippen MR) is 110 cm³/mol. The Morgan fingerprint density at radius 1 is 0.714 bits per heavy atom. The minimum absolute atomic E-state index is 0.109. The fraction of sp³-hybridized carbons (Fsp3) is 0.857. The van der Waals surface area contributed by atoms with Gasteiger partial charge in [-0.3, -0.25) is 9.59 Å². The molecule has 28 heavy (non-hydrogen) atoms. The largest absolute Gasteiger partial charge is 0.481 e. The van der Waals surface area contributed by atoms with Gasteiger partial charge in [0, 0.05) is 25.9 Å². The van der Waals surface area contributed by atoms with E-state index < -0.39 is 11.6 Å². The Bertz CT molecular complexity index is 447. The Morgan fingerprint density at radius 2 is 1.18 bits per heavy atom. The van der Waals surface area contributed by atoms with E-state index in [4.69, 9.17) is 9.84 Å². The van der Waals surface area contributed by atoms with E-state index in [1.807, 2.05) is 20.8 Å². The maximum atomic E-state index is 11.7. The third-order valence-corrected chi connectivity index (χ3v) is 4.14. The summed E-state index contributed by atoms with van der Waals surface area (Å²) in [6, 6.07) is 0. The Balaban J connectivity index is 3.33. The number of aliphatic carboxylic acids is 1. The van der Waals surface area contributed by atoms with Gasteiger partial charge in [0.1, 0.15) is 5.60 Å². The number of carboxylic acid groups (broad SMARTS) is 1. The fourth-order valence-electron chi connectivity index (χ4n) is 2.69. The molecule has 0 aliphatic heterocycles. The van der Waals surface area contributed by atoms with Crippen LogP contribution in [0.4, 0.5) is 4.79 Å². The van der Waals surface area contributed by atoms with Crippen molar-refractivity contribution < 1.29 is 24.2 Å². The fourth-order valence-corrected chi connectivity index (χ4v) is 2.69. The molecule has 0 saturated heterocycles. The number of hydrogen-bond acceptors (Lipinski definition) is 4. The molecule has 0 aromatic rings. The molecule has 164 valence electrons. The van der Waals surface area contributed by atoms with Crippen LogP contribution < -0.4 is 10.6 Å². The first-order valence-electron chi connectivity index (χ1n) is 10.7. The van der Waals surface area contributed by atoms with Crippen molar-refractivity contribution in [2.75, 3.05) is 13.1 Å². The van der Waals surface area contributed by atoms with E-state index in [1.165, 1.54) is 0 Å². The van der Waals surface area contributed by atoms with Gasteiger partial charge in [-0.2, -0.15) is 0 Å². The van der Waals surface area contributed by atoms with E-state index >= 15 is 0 Å². The molecule has 0 radical (unpaired) electrons. The molecule has 0 fully saturated rings. The number of carbonyl (C=O) groups excluding carboxylic acids is 2. The molecule has 0 saturated carbocycles. The topological polar surface area (TPSA) is 105 Å². The number of amides is 2. The van der Waals surface area contributed by atoms with Crippen molar-refractivity contribution in [3.8, 4) is 0 Å². The summed E-state index contributed by atoms with van der Waals surface area (Å²) < 4.78 is 5.17. The summed E-state index contributed by atoms with van der Waals surface area (Å²) in [5.41, 5.74) is -0.466. The highest BCUT2D eigenvalue weighted by molar-refractivity contribution is 5.75. The molecular formula is C21H40N2O5. The molecule has 0 aromatic heterocycles. The molecule has 2 amide bonds. The van der Waals surface area contributed by atoms with Gasteiger partial charge >= 0.3 is 12.1 Å². The highest BCUT2D eigenvalue weighted by Gasteiger charge is 2.15. The Labute approximate surface area is 170 Å². The minimum Gasteiger partial charge on any atom is -0.481 e. The molecule has 0 aliphatic carbocycles. The predicted octanol–water partition coefficient (Wildman–Crippen LogP) is 4.39. The van der Waals surface area contributed by atoms with Crippen LogP contribution in [-0.2, 0) is 14.3 Å². The quantitative estimate of drug-likeness (QED) is 0.333. The number of unbranched alkanes of at least 4 members (excludes halogenated alkanes) is 8. The summed E-state index contributed by atoms with van der Waals surface area (Å²) in [6.07, 6.45) is 10.0. The Kier molecular flexibility index (Phi) is 15.2. The number of rotatable bonds is 16. The number of carboxylic acids is 1. The summed E-state index contributed by atoms with van der Waals surface area (Å²) >= 11 is 0. The molecular weight excluding hydrogens is 360 g/mol. The van der Waals surface area contributed by atoms with Crippen molar-refractivity contribution in [1.82, 2.24) is 10.6 Å². The van der Waals surface area contributed by atoms with Crippen molar-refractivity contribution >= 4 is 18.0 Å². The number of hydrogen-bond donors (Lipinski definition) is 3. The van der Waals surface area contributed by atoms with Crippen LogP contribution in [0.3, 0.4) is 0 Å². The summed E-state index contributed by atoms with van der Waals surface area (Å²) in [6.45, 7) is 6.84. The van der Waals surface area contributed by atoms with E-state index in [0.717, 1.165) is 64.2 Å². The summed E-state index contributed by atoms with van der Waals surface area (Å²) in [5.74, 6) is -0.623. The molecule has 0 rings (SSSR count). The van der Waals surface area contributed by atoms with Gasteiger partial charge in [0.25, 0.3) is 0 Å². The van der Waals surface area contributed by atoms with Gasteiger partial charge in [0.05, 0.1) is 0 Å². The van der Waals surface area contributed by atoms with Crippen molar-refractivity contribution in [3.05, 3.63) is 0 Å². The van der Waals surface area contributed by atoms with Gasteiger partial charge in [0.2, 0.25) is 5.91 Å². The molecule has 0 bridgehead atoms. The minimum atomic E-state index is -0.732. The number of alkyl carbamates (subject to hydrolysis) is 1. The second kappa shape index (κ2) is 16.2. The van der Waals surface area contributed by atoms with Crippen molar-refractivity contribution in [3.63, 3.8) is 0 Å². The first-order valence-corrected chi connectivity index (χ1v) is 10.7. The molecule has 0 atom stereocenters. The Morgan fingerprint density at radius 3 is 1.71 bits per heavy atom. The molecule has 0 aliphatic rings. The number of ether oxygens (including phenoxy) is 1. The van der Waals surface area contributed by atoms with E-state index in [9.17, 15) is 14.4 Å². The van der Waals surface area contributed by atoms with Crippen molar-refractivity contribution in [2.45, 2.75) is 103 Å². The second-order valence-corrected chi connectivity index (χ2v) is 8.21. The van der Waals surface area contributed by atoms with Crippen LogP contribution in [0.1, 0.15) is 97.8 Å². The summed E-state index contributed by atoms with van der Waals surface area (Å²) in [7, 11) is 0. The monoisotopic (exact) mass is 400 g/mol. The molecule has 0 spiro atoms.